The summed E-state index contributed by atoms with van der Waals surface area (Å²) < 4.78 is -0.965. The molecule has 6 heteroatoms. The fourth-order valence-corrected chi connectivity index (χ4v) is 0.0707. The quantitative estimate of drug-likeness (QED) is 0.332. The molecule has 0 aromatic rings. The molecule has 5 nitrogen and oxygen atoms in total. The molecule has 0 aliphatic carbocycles. The molecule has 0 bridgehead atoms. The fourth-order valence-electron chi connectivity index (χ4n) is 0.0707. The van der Waals surface area contributed by atoms with E-state index >= 15 is 0 Å². The normalized spacial score (nSPS) is 10.1. The van der Waals surface area contributed by atoms with Crippen LogP contribution in [0.4, 0.5) is 0 Å². The van der Waals surface area contributed by atoms with Crippen LogP contribution < -0.4 is 0 Å². The molecule has 0 rings (SSSR count). The number of nitrogens with zero attached hydrogens (tertiary/aromatic N) is 1. The molecule has 0 aliphatic heterocycles. The summed E-state index contributed by atoms with van der Waals surface area (Å²) in [6, 6.07) is 0. The molecule has 12 heavy (non-hydrogen) atoms. The highest BCUT2D eigenvalue weighted by molar-refractivity contribution is 9.10. The Bertz CT molecular complexity index is 121. The van der Waals surface area contributed by atoms with E-state index in [4.69, 9.17) is 10.2 Å². The van der Waals surface area contributed by atoms with Gasteiger partial charge in [-0.15, -0.1) is 0 Å². The molecule has 0 atom stereocenters. The molecule has 0 aromatic carbocycles. The van der Waals surface area contributed by atoms with Crippen molar-refractivity contribution in [3.8, 4) is 0 Å². The first-order chi connectivity index (χ1) is 5.36. The van der Waals surface area contributed by atoms with Crippen LogP contribution in [0.5, 0.6) is 0 Å². The lowest BCUT2D eigenvalue weighted by Gasteiger charge is -2.03. The highest BCUT2D eigenvalue weighted by Gasteiger charge is 2.24. The third-order valence-corrected chi connectivity index (χ3v) is 1.04. The van der Waals surface area contributed by atoms with Crippen LogP contribution in [0.25, 0.3) is 0 Å². The molecule has 0 heterocycles. The van der Waals surface area contributed by atoms with Crippen LogP contribution in [0.2, 0.25) is 0 Å². The lowest BCUT2D eigenvalue weighted by Crippen LogP contribution is -2.21. The van der Waals surface area contributed by atoms with Crippen LogP contribution in [0.3, 0.4) is 0 Å². The van der Waals surface area contributed by atoms with Gasteiger partial charge >= 0.3 is 0 Å². The van der Waals surface area contributed by atoms with Crippen molar-refractivity contribution in [1.82, 2.24) is 0 Å². The van der Waals surface area contributed by atoms with Gasteiger partial charge in [-0.25, -0.2) is 0 Å². The molecule has 2 N–H and O–H groups in total. The summed E-state index contributed by atoms with van der Waals surface area (Å²) in [5.74, 6) is 0. The Morgan fingerprint density at radius 3 is 1.67 bits per heavy atom. The number of aliphatic hydroxyl groups is 2. The molecule has 0 amide bonds. The van der Waals surface area contributed by atoms with Gasteiger partial charge in [0.15, 0.2) is 0 Å². The van der Waals surface area contributed by atoms with E-state index in [1.807, 2.05) is 0 Å². The van der Waals surface area contributed by atoms with E-state index in [-0.39, 0.29) is 13.2 Å². The molecule has 74 valence electrons. The van der Waals surface area contributed by atoms with Gasteiger partial charge in [-0.3, -0.25) is 10.1 Å². The Morgan fingerprint density at radius 2 is 1.67 bits per heavy atom. The van der Waals surface area contributed by atoms with Crippen molar-refractivity contribution in [3.05, 3.63) is 10.1 Å². The van der Waals surface area contributed by atoms with Crippen LogP contribution >= 0.6 is 15.9 Å². The minimum Gasteiger partial charge on any atom is -0.396 e. The van der Waals surface area contributed by atoms with E-state index in [9.17, 15) is 10.1 Å². The first-order valence-electron chi connectivity index (χ1n) is 3.41. The predicted molar refractivity (Wildman–Crippen MR) is 48.8 cm³/mol. The second-order valence-corrected chi connectivity index (χ2v) is 4.41. The third-order valence-electron chi connectivity index (χ3n) is 0.750. The van der Waals surface area contributed by atoms with Crippen LogP contribution in [0.15, 0.2) is 0 Å². The Hall–Kier alpha value is -0.200. The molecule has 0 unspecified atom stereocenters. The van der Waals surface area contributed by atoms with Gasteiger partial charge in [-0.05, 0) is 22.4 Å². The maximum absolute atomic E-state index is 9.78. The van der Waals surface area contributed by atoms with E-state index in [0.29, 0.717) is 6.42 Å². The summed E-state index contributed by atoms with van der Waals surface area (Å²) in [7, 11) is 0. The standard InChI is InChI=1S/C3H6BrNO2.C3H8O2/c1-3(2,4)5(6)7;4-2-1-3-5/h1-2H3;4-5H,1-3H2. The Kier molecular flexibility index (Phi) is 8.90. The topological polar surface area (TPSA) is 83.6 Å². The van der Waals surface area contributed by atoms with Gasteiger partial charge in [0.2, 0.25) is 0 Å². The minimum absolute atomic E-state index is 0.0938. The maximum Gasteiger partial charge on any atom is 0.269 e. The second-order valence-electron chi connectivity index (χ2n) is 2.47. The molecule has 0 fully saturated rings. The molecule has 0 aliphatic rings. The molecular weight excluding hydrogens is 230 g/mol. The van der Waals surface area contributed by atoms with Gasteiger partial charge in [0.25, 0.3) is 4.45 Å². The van der Waals surface area contributed by atoms with Gasteiger partial charge in [0.1, 0.15) is 0 Å². The zero-order valence-corrected chi connectivity index (χ0v) is 8.74. The third kappa shape index (κ3) is 12.5. The molecule has 0 saturated heterocycles. The van der Waals surface area contributed by atoms with Crippen molar-refractivity contribution in [2.24, 2.45) is 0 Å². The Labute approximate surface area is 79.7 Å². The van der Waals surface area contributed by atoms with Gasteiger partial charge in [-0.1, -0.05) is 0 Å². The number of aliphatic hydroxyl groups excluding tert-OH is 2. The van der Waals surface area contributed by atoms with Crippen LogP contribution in [-0.4, -0.2) is 32.8 Å². The van der Waals surface area contributed by atoms with E-state index in [1.54, 1.807) is 0 Å². The lowest BCUT2D eigenvalue weighted by atomic mass is 10.4. The molecular formula is C6H14BrNO4. The number of nitro groups is 1. The van der Waals surface area contributed by atoms with Gasteiger partial charge < -0.3 is 10.2 Å². The summed E-state index contributed by atoms with van der Waals surface area (Å²) in [4.78, 5) is 9.38. The Morgan fingerprint density at radius 1 is 1.42 bits per heavy atom. The minimum atomic E-state index is -0.965. The van der Waals surface area contributed by atoms with Crippen LogP contribution in [0, 0.1) is 10.1 Å². The van der Waals surface area contributed by atoms with E-state index in [2.05, 4.69) is 15.9 Å². The molecule has 0 spiro atoms. The summed E-state index contributed by atoms with van der Waals surface area (Å²) in [5, 5.41) is 25.6. The van der Waals surface area contributed by atoms with Crippen molar-refractivity contribution in [1.29, 1.82) is 0 Å². The van der Waals surface area contributed by atoms with Gasteiger partial charge in [0.05, 0.1) is 0 Å². The first-order valence-corrected chi connectivity index (χ1v) is 4.20. The highest BCUT2D eigenvalue weighted by Crippen LogP contribution is 2.14. The monoisotopic (exact) mass is 243 g/mol. The Balaban J connectivity index is 0. The first kappa shape index (κ1) is 14.3. The SMILES string of the molecule is CC(C)(Br)[N+](=O)[O-].OCCCO. The average molecular weight is 244 g/mol. The summed E-state index contributed by atoms with van der Waals surface area (Å²) in [6.45, 7) is 3.15. The lowest BCUT2D eigenvalue weighted by molar-refractivity contribution is -0.526. The average Bonchev–Trinajstić information content (AvgIpc) is 1.88. The molecule has 0 radical (unpaired) electrons. The summed E-state index contributed by atoms with van der Waals surface area (Å²) in [6.07, 6.45) is 0.500. The van der Waals surface area contributed by atoms with Crippen LogP contribution in [-0.2, 0) is 0 Å². The highest BCUT2D eigenvalue weighted by atomic mass is 79.9. The number of alkyl halides is 1. The zero-order valence-electron chi connectivity index (χ0n) is 7.16. The van der Waals surface area contributed by atoms with E-state index < -0.39 is 9.37 Å². The van der Waals surface area contributed by atoms with Crippen molar-refractivity contribution in [2.45, 2.75) is 24.7 Å². The maximum atomic E-state index is 9.78. The largest absolute Gasteiger partial charge is 0.396 e. The van der Waals surface area contributed by atoms with Crippen molar-refractivity contribution < 1.29 is 15.1 Å². The molecule has 0 aromatic heterocycles. The smallest absolute Gasteiger partial charge is 0.269 e. The second kappa shape index (κ2) is 7.45. The fraction of sp³-hybridized carbons (Fsp3) is 1.00. The summed E-state index contributed by atoms with van der Waals surface area (Å²) >= 11 is 2.84. The number of hydrogen-bond acceptors (Lipinski definition) is 4. The van der Waals surface area contributed by atoms with Crippen molar-refractivity contribution in [2.75, 3.05) is 13.2 Å². The number of rotatable bonds is 3. The van der Waals surface area contributed by atoms with Crippen LogP contribution in [0.1, 0.15) is 20.3 Å². The number of hydrogen-bond donors (Lipinski definition) is 2. The van der Waals surface area contributed by atoms with Gasteiger partial charge in [-0.2, -0.15) is 0 Å². The zero-order chi connectivity index (χ0) is 10.2. The van der Waals surface area contributed by atoms with Crippen molar-refractivity contribution >= 4 is 15.9 Å². The summed E-state index contributed by atoms with van der Waals surface area (Å²) in [5.41, 5.74) is 0. The van der Waals surface area contributed by atoms with E-state index in [1.165, 1.54) is 13.8 Å². The van der Waals surface area contributed by atoms with Gasteiger partial charge in [0, 0.05) is 32.0 Å². The predicted octanol–water partition coefficient (Wildman–Crippen LogP) is 0.755. The number of halogens is 1. The molecule has 0 saturated carbocycles. The van der Waals surface area contributed by atoms with Crippen molar-refractivity contribution in [3.63, 3.8) is 0 Å². The van der Waals surface area contributed by atoms with E-state index in [0.717, 1.165) is 0 Å².